The average molecular weight is 475 g/mol. The number of thiocarbonyl (C=S) groups is 1. The minimum atomic E-state index is 0.132. The minimum Gasteiger partial charge on any atom is -0.379 e. The van der Waals surface area contributed by atoms with Gasteiger partial charge in [-0.25, -0.2) is 4.99 Å². The van der Waals surface area contributed by atoms with Crippen molar-refractivity contribution in [3.8, 4) is 0 Å². The van der Waals surface area contributed by atoms with Crippen LogP contribution < -0.4 is 5.32 Å². The van der Waals surface area contributed by atoms with Gasteiger partial charge in [0.1, 0.15) is 0 Å². The molecule has 0 saturated carbocycles. The molecule has 1 N–H and O–H groups in total. The Morgan fingerprint density at radius 1 is 1.00 bits per heavy atom. The number of morpholine rings is 1. The van der Waals surface area contributed by atoms with Gasteiger partial charge in [-0.1, -0.05) is 48.5 Å². The van der Waals surface area contributed by atoms with Gasteiger partial charge in [0.25, 0.3) is 0 Å². The molecule has 34 heavy (non-hydrogen) atoms. The molecule has 5 rings (SSSR count). The molecule has 0 amide bonds. The van der Waals surface area contributed by atoms with Gasteiger partial charge in [-0.3, -0.25) is 9.80 Å². The third kappa shape index (κ3) is 5.15. The lowest BCUT2D eigenvalue weighted by Gasteiger charge is -2.43. The molecular formula is C28H34N4OS. The van der Waals surface area contributed by atoms with Crippen molar-refractivity contribution in [2.45, 2.75) is 19.9 Å². The van der Waals surface area contributed by atoms with Gasteiger partial charge in [-0.05, 0) is 60.0 Å². The largest absolute Gasteiger partial charge is 0.379 e. The second-order valence-electron chi connectivity index (χ2n) is 9.60. The molecule has 0 aliphatic carbocycles. The summed E-state index contributed by atoms with van der Waals surface area (Å²) in [5.41, 5.74) is 7.58. The van der Waals surface area contributed by atoms with Gasteiger partial charge in [-0.15, -0.1) is 0 Å². The van der Waals surface area contributed by atoms with Crippen LogP contribution in [-0.4, -0.2) is 73.1 Å². The third-order valence-electron chi connectivity index (χ3n) is 7.31. The van der Waals surface area contributed by atoms with Crippen LogP contribution in [0, 0.1) is 19.8 Å². The summed E-state index contributed by atoms with van der Waals surface area (Å²) in [7, 11) is 0. The molecule has 2 unspecified atom stereocenters. The Labute approximate surface area is 208 Å². The molecule has 2 aromatic rings. The third-order valence-corrected chi connectivity index (χ3v) is 7.52. The minimum absolute atomic E-state index is 0.132. The van der Waals surface area contributed by atoms with Crippen molar-refractivity contribution in [1.82, 2.24) is 15.1 Å². The molecule has 3 heterocycles. The molecule has 3 aliphatic heterocycles. The summed E-state index contributed by atoms with van der Waals surface area (Å²) < 4.78 is 5.54. The number of fused-ring (bicyclic) bond motifs is 1. The Kier molecular flexibility index (Phi) is 7.21. The monoisotopic (exact) mass is 474 g/mol. The maximum atomic E-state index is 5.65. The average Bonchev–Trinajstić information content (AvgIpc) is 2.85. The van der Waals surface area contributed by atoms with Gasteiger partial charge in [-0.2, -0.15) is 0 Å². The number of ether oxygens (including phenoxy) is 1. The van der Waals surface area contributed by atoms with Crippen LogP contribution in [0.5, 0.6) is 0 Å². The van der Waals surface area contributed by atoms with Crippen LogP contribution in [0.25, 0.3) is 6.08 Å². The molecule has 5 nitrogen and oxygen atoms in total. The molecule has 0 aromatic heterocycles. The summed E-state index contributed by atoms with van der Waals surface area (Å²) in [5, 5.41) is 4.15. The zero-order valence-electron chi connectivity index (χ0n) is 20.2. The standard InChI is InChI=1S/C28H34N4OS/c1-20-7-3-5-9-22(20)17-23-18-32(12-11-31-13-15-33-16-14-31)19-25-26(23)29-28(34)30-27(25)24-10-6-4-8-21(24)2/h3-10,17,25,27H,11-16,18-19H2,1-2H3,(H,30,34)/b23-17+. The molecule has 178 valence electrons. The fourth-order valence-electron chi connectivity index (χ4n) is 5.35. The van der Waals surface area contributed by atoms with E-state index >= 15 is 0 Å². The molecule has 6 heteroatoms. The van der Waals surface area contributed by atoms with Crippen LogP contribution in [-0.2, 0) is 4.74 Å². The summed E-state index contributed by atoms with van der Waals surface area (Å²) >= 11 is 5.65. The van der Waals surface area contributed by atoms with Crippen LogP contribution in [0.15, 0.2) is 59.1 Å². The highest BCUT2D eigenvalue weighted by Crippen LogP contribution is 2.35. The second kappa shape index (κ2) is 10.5. The Morgan fingerprint density at radius 2 is 1.71 bits per heavy atom. The lowest BCUT2D eigenvalue weighted by molar-refractivity contribution is 0.0330. The summed E-state index contributed by atoms with van der Waals surface area (Å²) in [6, 6.07) is 17.4. The number of nitrogens with one attached hydrogen (secondary N) is 1. The van der Waals surface area contributed by atoms with Gasteiger partial charge >= 0.3 is 0 Å². The van der Waals surface area contributed by atoms with Crippen LogP contribution in [0.3, 0.4) is 0 Å². The van der Waals surface area contributed by atoms with Crippen molar-refractivity contribution in [3.63, 3.8) is 0 Å². The van der Waals surface area contributed by atoms with E-state index in [1.165, 1.54) is 27.8 Å². The topological polar surface area (TPSA) is 40.1 Å². The number of piperidine rings is 1. The van der Waals surface area contributed by atoms with Crippen LogP contribution >= 0.6 is 12.2 Å². The molecule has 3 aliphatic rings. The van der Waals surface area contributed by atoms with Crippen molar-refractivity contribution in [1.29, 1.82) is 0 Å². The first-order valence-electron chi connectivity index (χ1n) is 12.3. The van der Waals surface area contributed by atoms with Crippen molar-refractivity contribution >= 4 is 29.1 Å². The van der Waals surface area contributed by atoms with Gasteiger partial charge in [0.05, 0.1) is 25.0 Å². The SMILES string of the molecule is Cc1ccccc1/C=C1\CN(CCN2CCOCC2)CC2C1=NC(=S)NC2c1ccccc1C. The number of rotatable bonds is 5. The van der Waals surface area contributed by atoms with E-state index < -0.39 is 0 Å². The van der Waals surface area contributed by atoms with E-state index in [0.29, 0.717) is 5.11 Å². The number of nitrogens with zero attached hydrogens (tertiary/aromatic N) is 3. The first kappa shape index (κ1) is 23.4. The maximum Gasteiger partial charge on any atom is 0.193 e. The fourth-order valence-corrected chi connectivity index (χ4v) is 5.57. The summed E-state index contributed by atoms with van der Waals surface area (Å²) in [4.78, 5) is 10.0. The fraction of sp³-hybridized carbons (Fsp3) is 0.429. The van der Waals surface area contributed by atoms with Crippen molar-refractivity contribution in [3.05, 3.63) is 76.4 Å². The van der Waals surface area contributed by atoms with E-state index in [1.54, 1.807) is 0 Å². The first-order valence-corrected chi connectivity index (χ1v) is 12.7. The van der Waals surface area contributed by atoms with Crippen LogP contribution in [0.4, 0.5) is 0 Å². The first-order chi connectivity index (χ1) is 16.6. The zero-order chi connectivity index (χ0) is 23.5. The Balaban J connectivity index is 1.48. The lowest BCUT2D eigenvalue weighted by Crippen LogP contribution is -2.53. The van der Waals surface area contributed by atoms with Gasteiger partial charge in [0, 0.05) is 45.2 Å². The molecule has 0 radical (unpaired) electrons. The summed E-state index contributed by atoms with van der Waals surface area (Å²) in [5.74, 6) is 0.251. The molecule has 2 fully saturated rings. The van der Waals surface area contributed by atoms with Crippen LogP contribution in [0.1, 0.15) is 28.3 Å². The number of aliphatic imine (C=N–C) groups is 1. The molecule has 0 bridgehead atoms. The Morgan fingerprint density at radius 3 is 2.47 bits per heavy atom. The van der Waals surface area contributed by atoms with Gasteiger partial charge in [0.2, 0.25) is 0 Å². The number of likely N-dealkylation sites (tertiary alicyclic amines) is 1. The van der Waals surface area contributed by atoms with Crippen LogP contribution in [0.2, 0.25) is 0 Å². The molecule has 0 spiro atoms. The van der Waals surface area contributed by atoms with Gasteiger partial charge < -0.3 is 10.1 Å². The van der Waals surface area contributed by atoms with E-state index in [0.717, 1.165) is 58.2 Å². The normalized spacial score (nSPS) is 25.1. The predicted molar refractivity (Wildman–Crippen MR) is 143 cm³/mol. The Hall–Kier alpha value is -2.38. The molecule has 2 saturated heterocycles. The smallest absolute Gasteiger partial charge is 0.193 e. The molecule has 2 aromatic carbocycles. The molecular weight excluding hydrogens is 440 g/mol. The van der Waals surface area contributed by atoms with Crippen molar-refractivity contribution in [2.75, 3.05) is 52.5 Å². The molecule has 2 atom stereocenters. The Bertz CT molecular complexity index is 1110. The van der Waals surface area contributed by atoms with Crippen molar-refractivity contribution < 1.29 is 4.74 Å². The quantitative estimate of drug-likeness (QED) is 0.663. The zero-order valence-corrected chi connectivity index (χ0v) is 21.0. The van der Waals surface area contributed by atoms with Gasteiger partial charge in [0.15, 0.2) is 5.11 Å². The predicted octanol–water partition coefficient (Wildman–Crippen LogP) is 4.02. The van der Waals surface area contributed by atoms with E-state index in [4.69, 9.17) is 21.9 Å². The highest BCUT2D eigenvalue weighted by Gasteiger charge is 2.39. The van der Waals surface area contributed by atoms with Crippen molar-refractivity contribution in [2.24, 2.45) is 10.9 Å². The number of hydrogen-bond donors (Lipinski definition) is 1. The van der Waals surface area contributed by atoms with E-state index in [1.807, 2.05) is 0 Å². The maximum absolute atomic E-state index is 5.65. The van der Waals surface area contributed by atoms with E-state index in [9.17, 15) is 0 Å². The summed E-state index contributed by atoms with van der Waals surface area (Å²) in [6.45, 7) is 12.1. The highest BCUT2D eigenvalue weighted by atomic mass is 32.1. The summed E-state index contributed by atoms with van der Waals surface area (Å²) in [6.07, 6.45) is 2.34. The number of aryl methyl sites for hydroxylation is 2. The lowest BCUT2D eigenvalue weighted by atomic mass is 9.80. The highest BCUT2D eigenvalue weighted by molar-refractivity contribution is 7.80. The number of hydrogen-bond acceptors (Lipinski definition) is 4. The second-order valence-corrected chi connectivity index (χ2v) is 9.99. The van der Waals surface area contributed by atoms with E-state index in [-0.39, 0.29) is 12.0 Å². The number of benzene rings is 2. The van der Waals surface area contributed by atoms with E-state index in [2.05, 4.69) is 83.6 Å².